The Hall–Kier alpha value is -1.68. The molecule has 0 saturated heterocycles. The Bertz CT molecular complexity index is 502. The van der Waals surface area contributed by atoms with E-state index in [0.717, 1.165) is 22.1 Å². The summed E-state index contributed by atoms with van der Waals surface area (Å²) in [5.74, 6) is 1.61. The number of rotatable bonds is 4. The molecule has 0 amide bonds. The summed E-state index contributed by atoms with van der Waals surface area (Å²) in [5, 5.41) is 4.78. The molecule has 1 aromatic carbocycles. The molecular weight excluding hydrogens is 234 g/mol. The van der Waals surface area contributed by atoms with Gasteiger partial charge in [0.2, 0.25) is 0 Å². The van der Waals surface area contributed by atoms with Gasteiger partial charge in [0.05, 0.1) is 7.11 Å². The van der Waals surface area contributed by atoms with Gasteiger partial charge >= 0.3 is 0 Å². The number of hydrogen-bond acceptors (Lipinski definition) is 4. The standard InChI is InChI=1S/C13H13NO2S/c1-15-11-6-3-10(4-7-11)5-8-12-9-13(17-2)14-16-12/h3-9H,1-2H3/b8-5+. The summed E-state index contributed by atoms with van der Waals surface area (Å²) in [6, 6.07) is 9.73. The van der Waals surface area contributed by atoms with Crippen molar-refractivity contribution in [3.8, 4) is 5.75 Å². The number of aromatic nitrogens is 1. The Morgan fingerprint density at radius 2 is 2.00 bits per heavy atom. The summed E-state index contributed by atoms with van der Waals surface area (Å²) < 4.78 is 10.2. The maximum absolute atomic E-state index is 5.14. The average molecular weight is 247 g/mol. The third-order valence-corrected chi connectivity index (χ3v) is 2.88. The highest BCUT2D eigenvalue weighted by molar-refractivity contribution is 7.98. The first-order chi connectivity index (χ1) is 8.31. The molecule has 17 heavy (non-hydrogen) atoms. The Kier molecular flexibility index (Phi) is 3.88. The van der Waals surface area contributed by atoms with Gasteiger partial charge in [0.15, 0.2) is 5.76 Å². The Morgan fingerprint density at radius 3 is 2.59 bits per heavy atom. The minimum atomic E-state index is 0.755. The first-order valence-corrected chi connectivity index (χ1v) is 6.37. The fourth-order valence-corrected chi connectivity index (χ4v) is 1.69. The summed E-state index contributed by atoms with van der Waals surface area (Å²) in [7, 11) is 1.66. The van der Waals surface area contributed by atoms with Crippen LogP contribution in [0.2, 0.25) is 0 Å². The molecule has 0 aliphatic rings. The lowest BCUT2D eigenvalue weighted by atomic mass is 10.2. The van der Waals surface area contributed by atoms with Crippen molar-refractivity contribution in [2.75, 3.05) is 13.4 Å². The topological polar surface area (TPSA) is 35.3 Å². The minimum absolute atomic E-state index is 0.755. The lowest BCUT2D eigenvalue weighted by Crippen LogP contribution is -1.81. The van der Waals surface area contributed by atoms with Crippen molar-refractivity contribution in [2.45, 2.75) is 5.03 Å². The highest BCUT2D eigenvalue weighted by Crippen LogP contribution is 2.17. The zero-order valence-electron chi connectivity index (χ0n) is 9.71. The summed E-state index contributed by atoms with van der Waals surface area (Å²) in [4.78, 5) is 0. The Balaban J connectivity index is 2.08. The van der Waals surface area contributed by atoms with Crippen LogP contribution in [-0.4, -0.2) is 18.5 Å². The molecule has 0 bridgehead atoms. The van der Waals surface area contributed by atoms with Crippen LogP contribution in [-0.2, 0) is 0 Å². The van der Waals surface area contributed by atoms with Gasteiger partial charge in [0, 0.05) is 6.07 Å². The van der Waals surface area contributed by atoms with Crippen molar-refractivity contribution in [2.24, 2.45) is 0 Å². The number of methoxy groups -OCH3 is 1. The molecule has 2 rings (SSSR count). The van der Waals surface area contributed by atoms with Crippen molar-refractivity contribution < 1.29 is 9.26 Å². The highest BCUT2D eigenvalue weighted by Gasteiger charge is 1.98. The number of benzene rings is 1. The molecule has 2 aromatic rings. The van der Waals surface area contributed by atoms with Crippen LogP contribution in [0.5, 0.6) is 5.75 Å². The van der Waals surface area contributed by atoms with Crippen molar-refractivity contribution in [3.05, 3.63) is 41.7 Å². The zero-order chi connectivity index (χ0) is 12.1. The molecule has 0 saturated carbocycles. The number of thioether (sulfide) groups is 1. The van der Waals surface area contributed by atoms with Crippen molar-refractivity contribution >= 4 is 23.9 Å². The molecule has 1 heterocycles. The SMILES string of the molecule is COc1ccc(/C=C/c2cc(SC)no2)cc1. The summed E-state index contributed by atoms with van der Waals surface area (Å²) in [6.07, 6.45) is 5.84. The fraction of sp³-hybridized carbons (Fsp3) is 0.154. The molecule has 0 atom stereocenters. The van der Waals surface area contributed by atoms with Gasteiger partial charge in [-0.1, -0.05) is 23.4 Å². The van der Waals surface area contributed by atoms with Crippen LogP contribution in [0.15, 0.2) is 39.9 Å². The van der Waals surface area contributed by atoms with E-state index in [-0.39, 0.29) is 0 Å². The second-order valence-electron chi connectivity index (χ2n) is 3.38. The molecule has 0 aliphatic carbocycles. The molecule has 88 valence electrons. The number of nitrogens with zero attached hydrogens (tertiary/aromatic N) is 1. The summed E-state index contributed by atoms with van der Waals surface area (Å²) in [5.41, 5.74) is 1.09. The predicted molar refractivity (Wildman–Crippen MR) is 70.2 cm³/mol. The smallest absolute Gasteiger partial charge is 0.160 e. The normalized spacial score (nSPS) is 10.9. The molecule has 0 N–H and O–H groups in total. The molecule has 0 unspecified atom stereocenters. The average Bonchev–Trinajstić information content (AvgIpc) is 2.85. The third-order valence-electron chi connectivity index (χ3n) is 2.27. The Morgan fingerprint density at radius 1 is 1.24 bits per heavy atom. The van der Waals surface area contributed by atoms with Gasteiger partial charge in [-0.15, -0.1) is 11.8 Å². The molecule has 3 nitrogen and oxygen atoms in total. The maximum Gasteiger partial charge on any atom is 0.160 e. The number of hydrogen-bond donors (Lipinski definition) is 0. The second kappa shape index (κ2) is 5.59. The summed E-state index contributed by atoms with van der Waals surface area (Å²) >= 11 is 1.56. The van der Waals surface area contributed by atoms with Crippen LogP contribution < -0.4 is 4.74 Å². The lowest BCUT2D eigenvalue weighted by molar-refractivity contribution is 0.398. The van der Waals surface area contributed by atoms with E-state index in [1.807, 2.05) is 48.7 Å². The maximum atomic E-state index is 5.14. The zero-order valence-corrected chi connectivity index (χ0v) is 10.5. The third kappa shape index (κ3) is 3.14. The Labute approximate surface area is 104 Å². The number of ether oxygens (including phenoxy) is 1. The second-order valence-corrected chi connectivity index (χ2v) is 4.20. The summed E-state index contributed by atoms with van der Waals surface area (Å²) in [6.45, 7) is 0. The van der Waals surface area contributed by atoms with E-state index in [1.54, 1.807) is 18.9 Å². The van der Waals surface area contributed by atoms with Gasteiger partial charge in [-0.25, -0.2) is 0 Å². The highest BCUT2D eigenvalue weighted by atomic mass is 32.2. The lowest BCUT2D eigenvalue weighted by Gasteiger charge is -1.98. The van der Waals surface area contributed by atoms with Crippen molar-refractivity contribution in [1.82, 2.24) is 5.16 Å². The largest absolute Gasteiger partial charge is 0.497 e. The van der Waals surface area contributed by atoms with Crippen LogP contribution in [0.1, 0.15) is 11.3 Å². The first kappa shape index (κ1) is 11.8. The minimum Gasteiger partial charge on any atom is -0.497 e. The quantitative estimate of drug-likeness (QED) is 0.774. The van der Waals surface area contributed by atoms with Gasteiger partial charge < -0.3 is 9.26 Å². The van der Waals surface area contributed by atoms with Crippen LogP contribution in [0.3, 0.4) is 0 Å². The molecule has 1 aromatic heterocycles. The van der Waals surface area contributed by atoms with E-state index in [4.69, 9.17) is 9.26 Å². The van der Waals surface area contributed by atoms with Crippen molar-refractivity contribution in [3.63, 3.8) is 0 Å². The van der Waals surface area contributed by atoms with E-state index < -0.39 is 0 Å². The monoisotopic (exact) mass is 247 g/mol. The molecular formula is C13H13NO2S. The van der Waals surface area contributed by atoms with Gasteiger partial charge in [-0.3, -0.25) is 0 Å². The molecule has 0 spiro atoms. The van der Waals surface area contributed by atoms with Gasteiger partial charge in [0.25, 0.3) is 0 Å². The van der Waals surface area contributed by atoms with E-state index in [2.05, 4.69) is 5.16 Å². The molecule has 4 heteroatoms. The van der Waals surface area contributed by atoms with Crippen molar-refractivity contribution in [1.29, 1.82) is 0 Å². The predicted octanol–water partition coefficient (Wildman–Crippen LogP) is 3.58. The van der Waals surface area contributed by atoms with E-state index in [0.29, 0.717) is 0 Å². The van der Waals surface area contributed by atoms with Crippen LogP contribution in [0, 0.1) is 0 Å². The van der Waals surface area contributed by atoms with Crippen LogP contribution in [0.25, 0.3) is 12.2 Å². The van der Waals surface area contributed by atoms with E-state index in [9.17, 15) is 0 Å². The van der Waals surface area contributed by atoms with E-state index >= 15 is 0 Å². The van der Waals surface area contributed by atoms with Crippen LogP contribution in [0.4, 0.5) is 0 Å². The molecule has 0 radical (unpaired) electrons. The van der Waals surface area contributed by atoms with E-state index in [1.165, 1.54) is 0 Å². The van der Waals surface area contributed by atoms with Gasteiger partial charge in [-0.2, -0.15) is 0 Å². The van der Waals surface area contributed by atoms with Gasteiger partial charge in [-0.05, 0) is 30.0 Å². The first-order valence-electron chi connectivity index (χ1n) is 5.14. The fourth-order valence-electron chi connectivity index (χ4n) is 1.34. The molecule has 0 fully saturated rings. The van der Waals surface area contributed by atoms with Gasteiger partial charge in [0.1, 0.15) is 10.8 Å². The molecule has 0 aliphatic heterocycles. The van der Waals surface area contributed by atoms with Crippen LogP contribution >= 0.6 is 11.8 Å².